The van der Waals surface area contributed by atoms with E-state index in [1.165, 1.54) is 5.56 Å². The maximum atomic E-state index is 4.27. The SMILES string of the molecule is CCc1nncn1CCNC(=NC)NC(C)c1ccccc1. The van der Waals surface area contributed by atoms with Gasteiger partial charge < -0.3 is 15.2 Å². The van der Waals surface area contributed by atoms with E-state index in [0.717, 1.165) is 31.3 Å². The van der Waals surface area contributed by atoms with Crippen LogP contribution in [0.1, 0.15) is 31.3 Å². The second-order valence-electron chi connectivity index (χ2n) is 5.07. The monoisotopic (exact) mass is 300 g/mol. The molecule has 1 aromatic carbocycles. The van der Waals surface area contributed by atoms with E-state index in [9.17, 15) is 0 Å². The van der Waals surface area contributed by atoms with Gasteiger partial charge in [0.25, 0.3) is 0 Å². The van der Waals surface area contributed by atoms with Gasteiger partial charge in [-0.25, -0.2) is 0 Å². The van der Waals surface area contributed by atoms with E-state index < -0.39 is 0 Å². The molecule has 0 radical (unpaired) electrons. The number of aryl methyl sites for hydroxylation is 1. The molecule has 0 amide bonds. The number of benzene rings is 1. The van der Waals surface area contributed by atoms with Crippen LogP contribution in [-0.4, -0.2) is 34.3 Å². The topological polar surface area (TPSA) is 67.1 Å². The third-order valence-corrected chi connectivity index (χ3v) is 3.53. The van der Waals surface area contributed by atoms with E-state index in [2.05, 4.69) is 56.4 Å². The van der Waals surface area contributed by atoms with Crippen molar-refractivity contribution in [3.8, 4) is 0 Å². The average Bonchev–Trinajstić information content (AvgIpc) is 3.02. The van der Waals surface area contributed by atoms with Crippen molar-refractivity contribution in [1.29, 1.82) is 0 Å². The summed E-state index contributed by atoms with van der Waals surface area (Å²) in [6.45, 7) is 5.79. The summed E-state index contributed by atoms with van der Waals surface area (Å²) in [6.07, 6.45) is 2.65. The molecular formula is C16H24N6. The van der Waals surface area contributed by atoms with Crippen molar-refractivity contribution in [1.82, 2.24) is 25.4 Å². The van der Waals surface area contributed by atoms with Gasteiger partial charge in [-0.2, -0.15) is 0 Å². The molecule has 1 unspecified atom stereocenters. The number of nitrogens with one attached hydrogen (secondary N) is 2. The molecule has 0 aliphatic carbocycles. The average molecular weight is 300 g/mol. The van der Waals surface area contributed by atoms with Crippen molar-refractivity contribution in [3.63, 3.8) is 0 Å². The van der Waals surface area contributed by atoms with Gasteiger partial charge in [0, 0.05) is 26.6 Å². The number of nitrogens with zero attached hydrogens (tertiary/aromatic N) is 4. The normalized spacial score (nSPS) is 13.0. The van der Waals surface area contributed by atoms with Crippen LogP contribution in [0.3, 0.4) is 0 Å². The van der Waals surface area contributed by atoms with Gasteiger partial charge in [-0.3, -0.25) is 4.99 Å². The molecule has 0 fully saturated rings. The van der Waals surface area contributed by atoms with Crippen molar-refractivity contribution in [2.45, 2.75) is 32.9 Å². The third-order valence-electron chi connectivity index (χ3n) is 3.53. The van der Waals surface area contributed by atoms with Gasteiger partial charge in [0.2, 0.25) is 0 Å². The lowest BCUT2D eigenvalue weighted by Gasteiger charge is -2.18. The Kier molecular flexibility index (Phi) is 5.94. The van der Waals surface area contributed by atoms with Gasteiger partial charge in [-0.05, 0) is 12.5 Å². The van der Waals surface area contributed by atoms with Gasteiger partial charge in [0.15, 0.2) is 5.96 Å². The second-order valence-corrected chi connectivity index (χ2v) is 5.07. The first-order valence-electron chi connectivity index (χ1n) is 7.63. The minimum atomic E-state index is 0.202. The van der Waals surface area contributed by atoms with E-state index in [0.29, 0.717) is 0 Å². The molecule has 1 atom stereocenters. The molecule has 0 saturated carbocycles. The van der Waals surface area contributed by atoms with Crippen molar-refractivity contribution in [2.75, 3.05) is 13.6 Å². The van der Waals surface area contributed by atoms with Crippen LogP contribution in [-0.2, 0) is 13.0 Å². The van der Waals surface area contributed by atoms with E-state index in [1.54, 1.807) is 13.4 Å². The fourth-order valence-electron chi connectivity index (χ4n) is 2.26. The Labute approximate surface area is 131 Å². The molecule has 0 bridgehead atoms. The molecule has 2 aromatic rings. The minimum Gasteiger partial charge on any atom is -0.355 e. The zero-order chi connectivity index (χ0) is 15.8. The molecule has 0 spiro atoms. The highest BCUT2D eigenvalue weighted by Crippen LogP contribution is 2.10. The summed E-state index contributed by atoms with van der Waals surface area (Å²) in [5, 5.41) is 14.7. The van der Waals surface area contributed by atoms with Crippen LogP contribution in [0, 0.1) is 0 Å². The number of aromatic nitrogens is 3. The fraction of sp³-hybridized carbons (Fsp3) is 0.438. The highest BCUT2D eigenvalue weighted by molar-refractivity contribution is 5.80. The molecule has 0 saturated heterocycles. The van der Waals surface area contributed by atoms with Crippen LogP contribution in [0.5, 0.6) is 0 Å². The largest absolute Gasteiger partial charge is 0.355 e. The summed E-state index contributed by atoms with van der Waals surface area (Å²) in [6, 6.07) is 10.5. The first-order valence-corrected chi connectivity index (χ1v) is 7.63. The summed E-state index contributed by atoms with van der Waals surface area (Å²) in [4.78, 5) is 4.27. The number of hydrogen-bond acceptors (Lipinski definition) is 3. The molecule has 2 N–H and O–H groups in total. The number of guanidine groups is 1. The smallest absolute Gasteiger partial charge is 0.191 e. The van der Waals surface area contributed by atoms with Crippen LogP contribution in [0.25, 0.3) is 0 Å². The Morgan fingerprint density at radius 1 is 1.32 bits per heavy atom. The number of aliphatic imine (C=N–C) groups is 1. The first kappa shape index (κ1) is 16.0. The Balaban J connectivity index is 1.83. The van der Waals surface area contributed by atoms with Gasteiger partial charge in [-0.1, -0.05) is 37.3 Å². The molecule has 118 valence electrons. The standard InChI is InChI=1S/C16H24N6/c1-4-15-21-19-12-22(15)11-10-18-16(17-3)20-13(2)14-8-6-5-7-9-14/h5-9,12-13H,4,10-11H2,1-3H3,(H2,17,18,20). The quantitative estimate of drug-likeness (QED) is 0.630. The van der Waals surface area contributed by atoms with Gasteiger partial charge >= 0.3 is 0 Å². The second kappa shape index (κ2) is 8.17. The molecule has 2 rings (SSSR count). The summed E-state index contributed by atoms with van der Waals surface area (Å²) in [5.74, 6) is 1.80. The van der Waals surface area contributed by atoms with Crippen LogP contribution >= 0.6 is 0 Å². The maximum absolute atomic E-state index is 4.27. The Morgan fingerprint density at radius 2 is 2.09 bits per heavy atom. The van der Waals surface area contributed by atoms with E-state index >= 15 is 0 Å². The Bertz CT molecular complexity index is 590. The molecule has 6 nitrogen and oxygen atoms in total. The molecule has 1 heterocycles. The maximum Gasteiger partial charge on any atom is 0.191 e. The molecule has 0 aliphatic heterocycles. The molecule has 6 heteroatoms. The highest BCUT2D eigenvalue weighted by Gasteiger charge is 2.07. The van der Waals surface area contributed by atoms with E-state index in [-0.39, 0.29) is 6.04 Å². The predicted octanol–water partition coefficient (Wildman–Crippen LogP) is 1.77. The highest BCUT2D eigenvalue weighted by atomic mass is 15.3. The molecule has 22 heavy (non-hydrogen) atoms. The summed E-state index contributed by atoms with van der Waals surface area (Å²) in [7, 11) is 1.78. The third kappa shape index (κ3) is 4.31. The predicted molar refractivity (Wildman–Crippen MR) is 88.8 cm³/mol. The van der Waals surface area contributed by atoms with Crippen molar-refractivity contribution in [2.24, 2.45) is 4.99 Å². The van der Waals surface area contributed by atoms with Gasteiger partial charge in [0.05, 0.1) is 6.04 Å². The van der Waals surface area contributed by atoms with Crippen LogP contribution in [0.4, 0.5) is 0 Å². The lowest BCUT2D eigenvalue weighted by molar-refractivity contribution is 0.620. The van der Waals surface area contributed by atoms with Crippen molar-refractivity contribution in [3.05, 3.63) is 48.0 Å². The summed E-state index contributed by atoms with van der Waals surface area (Å²) in [5.41, 5.74) is 1.23. The van der Waals surface area contributed by atoms with E-state index in [1.807, 2.05) is 18.2 Å². The van der Waals surface area contributed by atoms with Crippen LogP contribution in [0.15, 0.2) is 41.7 Å². The van der Waals surface area contributed by atoms with Crippen molar-refractivity contribution < 1.29 is 0 Å². The summed E-state index contributed by atoms with van der Waals surface area (Å²) >= 11 is 0. The number of rotatable bonds is 6. The Morgan fingerprint density at radius 3 is 2.77 bits per heavy atom. The van der Waals surface area contributed by atoms with E-state index in [4.69, 9.17) is 0 Å². The lowest BCUT2D eigenvalue weighted by Crippen LogP contribution is -2.40. The zero-order valence-corrected chi connectivity index (χ0v) is 13.5. The Hall–Kier alpha value is -2.37. The lowest BCUT2D eigenvalue weighted by atomic mass is 10.1. The fourth-order valence-corrected chi connectivity index (χ4v) is 2.26. The van der Waals surface area contributed by atoms with Crippen LogP contribution < -0.4 is 10.6 Å². The first-order chi connectivity index (χ1) is 10.7. The number of hydrogen-bond donors (Lipinski definition) is 2. The van der Waals surface area contributed by atoms with Gasteiger partial charge in [0.1, 0.15) is 12.2 Å². The van der Waals surface area contributed by atoms with Gasteiger partial charge in [-0.15, -0.1) is 10.2 Å². The van der Waals surface area contributed by atoms with Crippen LogP contribution in [0.2, 0.25) is 0 Å². The molecule has 1 aromatic heterocycles. The minimum absolute atomic E-state index is 0.202. The molecule has 0 aliphatic rings. The van der Waals surface area contributed by atoms with Crippen molar-refractivity contribution >= 4 is 5.96 Å². The summed E-state index contributed by atoms with van der Waals surface area (Å²) < 4.78 is 2.06. The molecular weight excluding hydrogens is 276 g/mol. The zero-order valence-electron chi connectivity index (χ0n) is 13.5.